The fraction of sp³-hybridized carbons (Fsp3) is 0.350. The molecule has 2 bridgehead atoms. The lowest BCUT2D eigenvalue weighted by atomic mass is 9.79. The number of anilines is 1. The number of aliphatic imine (C=N–C) groups is 3. The SMILES string of the molecule is NC1=NC(=O)C2=NCN(c3ccccc3C3C=COC4(CCCC4)C4OC(Oc5c3cc3c(c5OCCO)C(=O)c5ccccc5C3=O)C(O)C(O)C4O)C2=N1. The van der Waals surface area contributed by atoms with E-state index in [0.29, 0.717) is 24.1 Å². The average molecular weight is 764 g/mol. The van der Waals surface area contributed by atoms with Gasteiger partial charge in [-0.15, -0.1) is 0 Å². The third kappa shape index (κ3) is 5.55. The van der Waals surface area contributed by atoms with E-state index < -0.39 is 66.3 Å². The zero-order valence-electron chi connectivity index (χ0n) is 29.8. The summed E-state index contributed by atoms with van der Waals surface area (Å²) in [4.78, 5) is 55.7. The third-order valence-electron chi connectivity index (χ3n) is 11.2. The summed E-state index contributed by atoms with van der Waals surface area (Å²) in [6.07, 6.45) is -2.28. The van der Waals surface area contributed by atoms with Crippen molar-refractivity contribution in [2.45, 2.75) is 67.9 Å². The molecule has 1 saturated heterocycles. The molecule has 4 aliphatic heterocycles. The number of para-hydroxylation sites is 1. The van der Waals surface area contributed by atoms with Gasteiger partial charge in [0, 0.05) is 33.9 Å². The zero-order valence-corrected chi connectivity index (χ0v) is 29.8. The Labute approximate surface area is 319 Å². The van der Waals surface area contributed by atoms with Crippen molar-refractivity contribution in [1.82, 2.24) is 0 Å². The number of benzene rings is 3. The van der Waals surface area contributed by atoms with Crippen LogP contribution in [0, 0.1) is 0 Å². The molecule has 6 unspecified atom stereocenters. The molecular formula is C40H37N5O11. The minimum absolute atomic E-state index is 0.000557. The van der Waals surface area contributed by atoms with Crippen LogP contribution in [0.15, 0.2) is 81.9 Å². The van der Waals surface area contributed by atoms with Crippen molar-refractivity contribution in [3.05, 3.63) is 100 Å². The standard InChI is InChI=1S/C40H37N5O11/c41-39-43-36-27(37(52)44-39)42-18-45(36)25-10-4-3-7-20(25)19-11-15-54-40(12-5-6-13-40)35-31(50)30(49)32(51)38(56-35)55-33-23(19)17-24-26(34(33)53-16-14-46)29(48)22-9-2-1-8-21(22)28(24)47/h1-4,7-11,15,17,19,30-32,35,38,46,49-51H,5-6,12-14,16,18H2,(H2,41,44,52). The first kappa shape index (κ1) is 35.9. The van der Waals surface area contributed by atoms with E-state index in [9.17, 15) is 34.8 Å². The molecule has 9 rings (SSSR count). The van der Waals surface area contributed by atoms with Gasteiger partial charge in [-0.25, -0.2) is 0 Å². The second-order valence-electron chi connectivity index (χ2n) is 14.4. The van der Waals surface area contributed by atoms with Crippen molar-refractivity contribution in [3.8, 4) is 11.5 Å². The van der Waals surface area contributed by atoms with E-state index in [1.807, 2.05) is 6.07 Å². The molecule has 1 amide bonds. The number of guanidine groups is 1. The van der Waals surface area contributed by atoms with Gasteiger partial charge in [0.2, 0.25) is 12.2 Å². The number of rotatable bonds is 5. The van der Waals surface area contributed by atoms with Gasteiger partial charge in [0.1, 0.15) is 43.3 Å². The zero-order chi connectivity index (χ0) is 38.9. The summed E-state index contributed by atoms with van der Waals surface area (Å²) in [6, 6.07) is 15.1. The summed E-state index contributed by atoms with van der Waals surface area (Å²) in [5, 5.41) is 44.0. The summed E-state index contributed by atoms with van der Waals surface area (Å²) in [6.45, 7) is -0.793. The van der Waals surface area contributed by atoms with E-state index in [0.717, 1.165) is 12.8 Å². The van der Waals surface area contributed by atoms with Crippen LogP contribution in [0.3, 0.4) is 0 Å². The molecule has 1 saturated carbocycles. The Balaban J connectivity index is 1.31. The van der Waals surface area contributed by atoms with Crippen LogP contribution in [-0.2, 0) is 14.3 Å². The summed E-state index contributed by atoms with van der Waals surface area (Å²) in [5.74, 6) is -2.90. The smallest absolute Gasteiger partial charge is 0.302 e. The predicted octanol–water partition coefficient (Wildman–Crippen LogP) is 1.48. The van der Waals surface area contributed by atoms with E-state index in [2.05, 4.69) is 15.0 Å². The summed E-state index contributed by atoms with van der Waals surface area (Å²) in [5.41, 5.74) is 6.36. The third-order valence-corrected chi connectivity index (χ3v) is 11.2. The molecule has 56 heavy (non-hydrogen) atoms. The Hall–Kier alpha value is -5.78. The maximum absolute atomic E-state index is 14.3. The number of nitrogens with two attached hydrogens (primary N) is 1. The second kappa shape index (κ2) is 13.8. The van der Waals surface area contributed by atoms with Gasteiger partial charge in [0.25, 0.3) is 0 Å². The number of amides is 1. The summed E-state index contributed by atoms with van der Waals surface area (Å²) >= 11 is 0. The molecule has 6 aliphatic rings. The first-order valence-corrected chi connectivity index (χ1v) is 18.3. The van der Waals surface area contributed by atoms with Gasteiger partial charge in [-0.05, 0) is 49.5 Å². The molecule has 2 fully saturated rings. The van der Waals surface area contributed by atoms with Crippen molar-refractivity contribution >= 4 is 40.7 Å². The van der Waals surface area contributed by atoms with Crippen LogP contribution in [0.1, 0.15) is 74.6 Å². The number of carbonyl (C=O) groups excluding carboxylic acids is 3. The highest BCUT2D eigenvalue weighted by Gasteiger charge is 2.56. The molecule has 6 N–H and O–H groups in total. The first-order chi connectivity index (χ1) is 27.1. The molecule has 288 valence electrons. The van der Waals surface area contributed by atoms with Crippen molar-refractivity contribution < 1.29 is 53.8 Å². The number of ketones is 2. The van der Waals surface area contributed by atoms with Crippen molar-refractivity contribution in [3.63, 3.8) is 0 Å². The van der Waals surface area contributed by atoms with Crippen LogP contribution in [0.2, 0.25) is 0 Å². The van der Waals surface area contributed by atoms with Gasteiger partial charge in [-0.2, -0.15) is 9.98 Å². The number of allylic oxidation sites excluding steroid dienone is 1. The highest BCUT2D eigenvalue weighted by molar-refractivity contribution is 6.72. The quantitative estimate of drug-likeness (QED) is 0.194. The lowest BCUT2D eigenvalue weighted by Crippen LogP contribution is -2.65. The van der Waals surface area contributed by atoms with Crippen LogP contribution in [0.4, 0.5) is 5.69 Å². The maximum atomic E-state index is 14.3. The highest BCUT2D eigenvalue weighted by atomic mass is 16.7. The molecule has 0 aromatic heterocycles. The summed E-state index contributed by atoms with van der Waals surface area (Å²) in [7, 11) is 0. The van der Waals surface area contributed by atoms with Crippen molar-refractivity contribution in [2.75, 3.05) is 24.8 Å². The number of carbonyl (C=O) groups is 3. The number of ether oxygens (including phenoxy) is 4. The number of hydrogen-bond donors (Lipinski definition) is 5. The maximum Gasteiger partial charge on any atom is 0.302 e. The fourth-order valence-electron chi connectivity index (χ4n) is 8.59. The van der Waals surface area contributed by atoms with Crippen LogP contribution < -0.4 is 20.1 Å². The average Bonchev–Trinajstić information content (AvgIpc) is 3.86. The van der Waals surface area contributed by atoms with E-state index >= 15 is 0 Å². The number of hydrogen-bond acceptors (Lipinski definition) is 15. The minimum atomic E-state index is -1.79. The van der Waals surface area contributed by atoms with E-state index in [1.54, 1.807) is 47.4 Å². The van der Waals surface area contributed by atoms with Crippen LogP contribution in [0.25, 0.3) is 0 Å². The molecule has 2 aliphatic carbocycles. The topological polar surface area (TPSA) is 235 Å². The lowest BCUT2D eigenvalue weighted by molar-refractivity contribution is -0.304. The Kier molecular flexibility index (Phi) is 8.82. The second-order valence-corrected chi connectivity index (χ2v) is 14.4. The molecular weight excluding hydrogens is 726 g/mol. The molecule has 0 radical (unpaired) electrons. The van der Waals surface area contributed by atoms with E-state index in [4.69, 9.17) is 24.7 Å². The number of aliphatic hydroxyl groups excluding tert-OH is 4. The van der Waals surface area contributed by atoms with Gasteiger partial charge in [-0.1, -0.05) is 42.5 Å². The Morgan fingerprint density at radius 1 is 0.893 bits per heavy atom. The molecule has 4 heterocycles. The minimum Gasteiger partial charge on any atom is -0.492 e. The van der Waals surface area contributed by atoms with Crippen molar-refractivity contribution in [2.24, 2.45) is 20.7 Å². The Morgan fingerprint density at radius 3 is 2.39 bits per heavy atom. The predicted molar refractivity (Wildman–Crippen MR) is 198 cm³/mol. The molecule has 3 aromatic rings. The first-order valence-electron chi connectivity index (χ1n) is 18.3. The van der Waals surface area contributed by atoms with Crippen LogP contribution in [-0.4, -0.2) is 112 Å². The van der Waals surface area contributed by atoms with E-state index in [1.165, 1.54) is 18.4 Å². The van der Waals surface area contributed by atoms with Crippen LogP contribution in [0.5, 0.6) is 11.5 Å². The lowest BCUT2D eigenvalue weighted by Gasteiger charge is -2.47. The number of amidine groups is 1. The molecule has 3 aromatic carbocycles. The number of aliphatic hydroxyl groups is 4. The van der Waals surface area contributed by atoms with Gasteiger partial charge in [0.05, 0.1) is 18.4 Å². The Morgan fingerprint density at radius 2 is 1.62 bits per heavy atom. The summed E-state index contributed by atoms with van der Waals surface area (Å²) < 4.78 is 25.6. The van der Waals surface area contributed by atoms with Gasteiger partial charge in [-0.3, -0.25) is 19.4 Å². The van der Waals surface area contributed by atoms with Gasteiger partial charge >= 0.3 is 5.91 Å². The van der Waals surface area contributed by atoms with E-state index in [-0.39, 0.29) is 70.1 Å². The van der Waals surface area contributed by atoms with Crippen LogP contribution >= 0.6 is 0 Å². The molecule has 16 heteroatoms. The largest absolute Gasteiger partial charge is 0.492 e. The molecule has 1 spiro atoms. The monoisotopic (exact) mass is 763 g/mol. The van der Waals surface area contributed by atoms with Crippen molar-refractivity contribution in [1.29, 1.82) is 0 Å². The normalized spacial score (nSPS) is 27.5. The molecule has 6 atom stereocenters. The highest BCUT2D eigenvalue weighted by Crippen LogP contribution is 2.50. The molecule has 16 nitrogen and oxygen atoms in total. The Bertz CT molecular complexity index is 2300. The van der Waals surface area contributed by atoms with Gasteiger partial charge in [0.15, 0.2) is 34.6 Å². The van der Waals surface area contributed by atoms with Gasteiger partial charge < -0.3 is 50.0 Å². The number of nitrogens with zero attached hydrogens (tertiary/aromatic N) is 4. The number of fused-ring (bicyclic) bond motifs is 7. The fourth-order valence-corrected chi connectivity index (χ4v) is 8.59.